The molecule has 1 heterocycles. The lowest BCUT2D eigenvalue weighted by atomic mass is 10.0. The van der Waals surface area contributed by atoms with Crippen LogP contribution in [-0.2, 0) is 4.74 Å². The first-order chi connectivity index (χ1) is 9.90. The van der Waals surface area contributed by atoms with E-state index in [-0.39, 0.29) is 36.3 Å². The maximum Gasteiger partial charge on any atom is 0.253 e. The van der Waals surface area contributed by atoms with E-state index < -0.39 is 0 Å². The summed E-state index contributed by atoms with van der Waals surface area (Å²) in [6.45, 7) is 8.11. The van der Waals surface area contributed by atoms with E-state index in [2.05, 4.69) is 40.0 Å². The summed E-state index contributed by atoms with van der Waals surface area (Å²) in [5, 5.41) is 2.98. The fourth-order valence-corrected chi connectivity index (χ4v) is 2.79. The van der Waals surface area contributed by atoms with Gasteiger partial charge in [-0.15, -0.1) is 24.8 Å². The number of nitrogens with two attached hydrogens (primary N) is 1. The van der Waals surface area contributed by atoms with Crippen LogP contribution in [0.25, 0.3) is 0 Å². The van der Waals surface area contributed by atoms with E-state index >= 15 is 0 Å². The van der Waals surface area contributed by atoms with Gasteiger partial charge < -0.3 is 15.8 Å². The Morgan fingerprint density at radius 3 is 2.52 bits per heavy atom. The van der Waals surface area contributed by atoms with E-state index in [1.165, 1.54) is 0 Å². The van der Waals surface area contributed by atoms with Crippen molar-refractivity contribution >= 4 is 52.3 Å². The molecular formula is C15H24BrCl2N3O2. The molecule has 1 fully saturated rings. The van der Waals surface area contributed by atoms with Gasteiger partial charge in [-0.05, 0) is 32.0 Å². The molecule has 23 heavy (non-hydrogen) atoms. The van der Waals surface area contributed by atoms with E-state index in [4.69, 9.17) is 10.5 Å². The Morgan fingerprint density at radius 1 is 1.35 bits per heavy atom. The number of rotatable bonds is 4. The molecule has 0 bridgehead atoms. The quantitative estimate of drug-likeness (QED) is 0.723. The molecular weight excluding hydrogens is 405 g/mol. The Hall–Kier alpha value is -0.530. The number of carbonyl (C=O) groups excluding carboxylic acids is 1. The van der Waals surface area contributed by atoms with E-state index in [9.17, 15) is 4.79 Å². The number of morpholine rings is 1. The third kappa shape index (κ3) is 6.12. The zero-order valence-electron chi connectivity index (χ0n) is 13.3. The predicted molar refractivity (Wildman–Crippen MR) is 102 cm³/mol. The molecule has 132 valence electrons. The van der Waals surface area contributed by atoms with Crippen molar-refractivity contribution in [3.05, 3.63) is 28.2 Å². The molecule has 1 aliphatic heterocycles. The highest BCUT2D eigenvalue weighted by atomic mass is 79.9. The predicted octanol–water partition coefficient (Wildman–Crippen LogP) is 2.72. The van der Waals surface area contributed by atoms with Crippen molar-refractivity contribution in [2.45, 2.75) is 19.4 Å². The van der Waals surface area contributed by atoms with Crippen LogP contribution >= 0.6 is 40.7 Å². The van der Waals surface area contributed by atoms with E-state index in [0.717, 1.165) is 30.8 Å². The van der Waals surface area contributed by atoms with Crippen LogP contribution < -0.4 is 11.1 Å². The van der Waals surface area contributed by atoms with Gasteiger partial charge in [-0.3, -0.25) is 9.69 Å². The standard InChI is InChI=1S/C15H22BrN3O2.2ClH/c1-15(2,19-5-7-21-8-6-19)10-18-14(20)12-4-3-11(16)9-13(12)17;;/h3-4,9H,5-8,10,17H2,1-2H3,(H,18,20);2*1H. The van der Waals surface area contributed by atoms with Crippen molar-refractivity contribution in [1.29, 1.82) is 0 Å². The first kappa shape index (κ1) is 22.5. The summed E-state index contributed by atoms with van der Waals surface area (Å²) in [4.78, 5) is 14.6. The summed E-state index contributed by atoms with van der Waals surface area (Å²) < 4.78 is 6.23. The van der Waals surface area contributed by atoms with Gasteiger partial charge in [0.2, 0.25) is 0 Å². The van der Waals surface area contributed by atoms with Crippen molar-refractivity contribution in [3.8, 4) is 0 Å². The Morgan fingerprint density at radius 2 is 1.96 bits per heavy atom. The maximum atomic E-state index is 12.3. The van der Waals surface area contributed by atoms with Gasteiger partial charge in [0, 0.05) is 35.3 Å². The number of benzene rings is 1. The number of carbonyl (C=O) groups is 1. The van der Waals surface area contributed by atoms with Gasteiger partial charge in [0.25, 0.3) is 5.91 Å². The fraction of sp³-hybridized carbons (Fsp3) is 0.533. The number of nitrogens with zero attached hydrogens (tertiary/aromatic N) is 1. The van der Waals surface area contributed by atoms with E-state index in [1.807, 2.05) is 6.07 Å². The maximum absolute atomic E-state index is 12.3. The minimum Gasteiger partial charge on any atom is -0.398 e. The molecule has 3 N–H and O–H groups in total. The average Bonchev–Trinajstić information content (AvgIpc) is 2.46. The second-order valence-corrected chi connectivity index (χ2v) is 6.74. The topological polar surface area (TPSA) is 67.6 Å². The summed E-state index contributed by atoms with van der Waals surface area (Å²) in [7, 11) is 0. The molecule has 0 aromatic heterocycles. The molecule has 1 saturated heterocycles. The van der Waals surface area contributed by atoms with E-state index in [0.29, 0.717) is 17.8 Å². The normalized spacial score (nSPS) is 15.3. The highest BCUT2D eigenvalue weighted by Crippen LogP contribution is 2.19. The zero-order chi connectivity index (χ0) is 15.5. The monoisotopic (exact) mass is 427 g/mol. The Bertz CT molecular complexity index is 523. The number of nitrogens with one attached hydrogen (secondary N) is 1. The van der Waals surface area contributed by atoms with Crippen molar-refractivity contribution in [3.63, 3.8) is 0 Å². The van der Waals surface area contributed by atoms with Crippen LogP contribution in [0.3, 0.4) is 0 Å². The average molecular weight is 429 g/mol. The summed E-state index contributed by atoms with van der Waals surface area (Å²) >= 11 is 3.34. The molecule has 0 saturated carbocycles. The van der Waals surface area contributed by atoms with Crippen molar-refractivity contribution in [1.82, 2.24) is 10.2 Å². The molecule has 0 atom stereocenters. The molecule has 1 aliphatic rings. The lowest BCUT2D eigenvalue weighted by Crippen LogP contribution is -2.55. The van der Waals surface area contributed by atoms with Crippen molar-refractivity contribution in [2.24, 2.45) is 0 Å². The molecule has 0 unspecified atom stereocenters. The number of amides is 1. The number of hydrogen-bond donors (Lipinski definition) is 2. The van der Waals surface area contributed by atoms with Crippen LogP contribution in [0.5, 0.6) is 0 Å². The number of anilines is 1. The largest absolute Gasteiger partial charge is 0.398 e. The highest BCUT2D eigenvalue weighted by molar-refractivity contribution is 9.10. The van der Waals surface area contributed by atoms with Crippen LogP contribution in [0.2, 0.25) is 0 Å². The number of ether oxygens (including phenoxy) is 1. The first-order valence-corrected chi connectivity index (χ1v) is 7.85. The van der Waals surface area contributed by atoms with Gasteiger partial charge in [0.15, 0.2) is 0 Å². The van der Waals surface area contributed by atoms with Gasteiger partial charge in [-0.2, -0.15) is 0 Å². The third-order valence-corrected chi connectivity index (χ3v) is 4.30. The highest BCUT2D eigenvalue weighted by Gasteiger charge is 2.28. The summed E-state index contributed by atoms with van der Waals surface area (Å²) in [6.07, 6.45) is 0. The van der Waals surface area contributed by atoms with Crippen LogP contribution in [0.15, 0.2) is 22.7 Å². The molecule has 5 nitrogen and oxygen atoms in total. The Kier molecular flexibility index (Phi) is 9.47. The Labute approximate surface area is 158 Å². The lowest BCUT2D eigenvalue weighted by Gasteiger charge is -2.40. The van der Waals surface area contributed by atoms with Gasteiger partial charge in [-0.1, -0.05) is 15.9 Å². The zero-order valence-corrected chi connectivity index (χ0v) is 16.5. The third-order valence-electron chi connectivity index (χ3n) is 3.81. The minimum atomic E-state index is -0.138. The first-order valence-electron chi connectivity index (χ1n) is 7.06. The number of halogens is 3. The molecule has 1 amide bonds. The molecule has 8 heteroatoms. The van der Waals surface area contributed by atoms with Crippen LogP contribution in [0.4, 0.5) is 5.69 Å². The fourth-order valence-electron chi connectivity index (χ4n) is 2.41. The van der Waals surface area contributed by atoms with Gasteiger partial charge in [-0.25, -0.2) is 0 Å². The van der Waals surface area contributed by atoms with Crippen molar-refractivity contribution in [2.75, 3.05) is 38.6 Å². The lowest BCUT2D eigenvalue weighted by molar-refractivity contribution is -0.00923. The van der Waals surface area contributed by atoms with Crippen LogP contribution in [0, 0.1) is 0 Å². The number of nitrogen functional groups attached to an aromatic ring is 1. The van der Waals surface area contributed by atoms with Gasteiger partial charge in [0.1, 0.15) is 0 Å². The molecule has 1 aromatic rings. The molecule has 1 aromatic carbocycles. The SMILES string of the molecule is CC(C)(CNC(=O)c1ccc(Br)cc1N)N1CCOCC1.Cl.Cl. The number of hydrogen-bond acceptors (Lipinski definition) is 4. The molecule has 0 aliphatic carbocycles. The molecule has 0 spiro atoms. The van der Waals surface area contributed by atoms with Gasteiger partial charge >= 0.3 is 0 Å². The smallest absolute Gasteiger partial charge is 0.253 e. The summed E-state index contributed by atoms with van der Waals surface area (Å²) in [5.74, 6) is -0.138. The molecule has 0 radical (unpaired) electrons. The summed E-state index contributed by atoms with van der Waals surface area (Å²) in [6, 6.07) is 5.29. The van der Waals surface area contributed by atoms with Crippen LogP contribution in [0.1, 0.15) is 24.2 Å². The molecule has 2 rings (SSSR count). The van der Waals surface area contributed by atoms with Crippen LogP contribution in [-0.4, -0.2) is 49.2 Å². The summed E-state index contributed by atoms with van der Waals surface area (Å²) in [5.41, 5.74) is 6.77. The Balaban J connectivity index is 0.00000242. The van der Waals surface area contributed by atoms with E-state index in [1.54, 1.807) is 12.1 Å². The second kappa shape index (κ2) is 9.69. The van der Waals surface area contributed by atoms with Gasteiger partial charge in [0.05, 0.1) is 18.8 Å². The second-order valence-electron chi connectivity index (χ2n) is 5.83. The van der Waals surface area contributed by atoms with Crippen molar-refractivity contribution < 1.29 is 9.53 Å². The minimum absolute atomic E-state index is 0.